The van der Waals surface area contributed by atoms with Gasteiger partial charge in [0.25, 0.3) is 0 Å². The largest absolute Gasteiger partial charge is 0.416 e. The zero-order valence-electron chi connectivity index (χ0n) is 23.1. The molecule has 15 heteroatoms. The summed E-state index contributed by atoms with van der Waals surface area (Å²) in [6, 6.07) is 8.82. The maximum absolute atomic E-state index is 14.4. The van der Waals surface area contributed by atoms with Crippen molar-refractivity contribution in [2.45, 2.75) is 37.2 Å². The first kappa shape index (κ1) is 28.6. The number of halogens is 4. The highest BCUT2D eigenvalue weighted by molar-refractivity contribution is 7.90. The number of hydrogen-bond donors (Lipinski definition) is 1. The number of rotatable bonds is 5. The van der Waals surface area contributed by atoms with Crippen molar-refractivity contribution in [2.75, 3.05) is 19.7 Å². The van der Waals surface area contributed by atoms with Crippen molar-refractivity contribution < 1.29 is 31.3 Å². The SMILES string of the molecule is N=[S@@](=O)(c1cc2n(n1)CCOC2)N1CCC2=Cc3c(cnn3-c3ccc(F)cc3)C[C@]2(C(=O)c2cc(C(F)(F)F)ccn2)C1. The Bertz CT molecular complexity index is 1910. The van der Waals surface area contributed by atoms with Gasteiger partial charge < -0.3 is 4.74 Å². The summed E-state index contributed by atoms with van der Waals surface area (Å²) >= 11 is 0. The van der Waals surface area contributed by atoms with E-state index in [0.29, 0.717) is 41.4 Å². The van der Waals surface area contributed by atoms with Gasteiger partial charge in [0.15, 0.2) is 20.7 Å². The highest BCUT2D eigenvalue weighted by Gasteiger charge is 2.51. The monoisotopic (exact) mass is 627 g/mol. The van der Waals surface area contributed by atoms with Crippen molar-refractivity contribution in [3.63, 3.8) is 0 Å². The first-order valence-corrected chi connectivity index (χ1v) is 15.3. The van der Waals surface area contributed by atoms with Gasteiger partial charge in [-0.2, -0.15) is 23.4 Å². The fraction of sp³-hybridized carbons (Fsp3) is 0.310. The summed E-state index contributed by atoms with van der Waals surface area (Å²) in [5.41, 5.74) is 0.252. The van der Waals surface area contributed by atoms with E-state index in [9.17, 15) is 26.6 Å². The Kier molecular flexibility index (Phi) is 6.60. The van der Waals surface area contributed by atoms with Gasteiger partial charge in [0.2, 0.25) is 0 Å². The van der Waals surface area contributed by atoms with E-state index in [1.807, 2.05) is 0 Å². The summed E-state index contributed by atoms with van der Waals surface area (Å²) in [6.45, 7) is 1.07. The van der Waals surface area contributed by atoms with Crippen LogP contribution in [-0.2, 0) is 40.4 Å². The van der Waals surface area contributed by atoms with Gasteiger partial charge in [0, 0.05) is 25.4 Å². The van der Waals surface area contributed by atoms with Crippen molar-refractivity contribution in [1.82, 2.24) is 28.9 Å². The molecule has 0 radical (unpaired) electrons. The molecular weight excluding hydrogens is 602 g/mol. The molecule has 2 aliphatic heterocycles. The molecule has 1 aliphatic carbocycles. The van der Waals surface area contributed by atoms with Gasteiger partial charge in [0.05, 0.1) is 54.0 Å². The van der Waals surface area contributed by atoms with E-state index in [0.717, 1.165) is 18.3 Å². The van der Waals surface area contributed by atoms with E-state index >= 15 is 0 Å². The number of nitrogens with zero attached hydrogens (tertiary/aromatic N) is 6. The molecule has 0 saturated carbocycles. The second-order valence-corrected chi connectivity index (χ2v) is 13.0. The summed E-state index contributed by atoms with van der Waals surface area (Å²) in [6.07, 6.45) is -0.195. The van der Waals surface area contributed by atoms with Crippen molar-refractivity contribution in [3.8, 4) is 5.69 Å². The standard InChI is InChI=1S/C29H25F4N7O3S/c30-21-1-3-22(4-2-21)40-25-12-19-6-8-38(44(34,42)26-13-23-16-43-10-9-39(23)37-26)17-28(19,14-18(25)15-36-40)27(41)24-11-20(5-7-35-24)29(31,32)33/h1-5,7,11-13,15,34H,6,8-10,14,16-17H2/t28-,44-/m0/s1. The van der Waals surface area contributed by atoms with E-state index in [-0.39, 0.29) is 43.3 Å². The smallest absolute Gasteiger partial charge is 0.373 e. The molecule has 7 rings (SSSR count). The molecule has 0 amide bonds. The maximum atomic E-state index is 14.4. The van der Waals surface area contributed by atoms with Crippen LogP contribution in [0.2, 0.25) is 0 Å². The average Bonchev–Trinajstić information content (AvgIpc) is 3.64. The lowest BCUT2D eigenvalue weighted by atomic mass is 9.65. The van der Waals surface area contributed by atoms with Crippen molar-refractivity contribution >= 4 is 21.8 Å². The topological polar surface area (TPSA) is 119 Å². The van der Waals surface area contributed by atoms with Gasteiger partial charge in [-0.05, 0) is 60.9 Å². The molecule has 2 atom stereocenters. The molecule has 1 N–H and O–H groups in total. The molecule has 0 unspecified atom stereocenters. The third-order valence-corrected chi connectivity index (χ3v) is 10.2. The Morgan fingerprint density at radius 3 is 2.66 bits per heavy atom. The molecule has 3 aliphatic rings. The molecule has 0 bridgehead atoms. The number of benzene rings is 1. The highest BCUT2D eigenvalue weighted by atomic mass is 32.2. The number of aromatic nitrogens is 5. The van der Waals surface area contributed by atoms with Crippen LogP contribution in [0.25, 0.3) is 11.8 Å². The van der Waals surface area contributed by atoms with E-state index in [1.165, 1.54) is 16.4 Å². The Morgan fingerprint density at radius 1 is 1.11 bits per heavy atom. The van der Waals surface area contributed by atoms with Gasteiger partial charge >= 0.3 is 6.18 Å². The van der Waals surface area contributed by atoms with Gasteiger partial charge in [-0.15, -0.1) is 0 Å². The minimum atomic E-state index is -4.69. The molecule has 228 valence electrons. The molecule has 5 heterocycles. The predicted octanol–water partition coefficient (Wildman–Crippen LogP) is 4.69. The fourth-order valence-electron chi connectivity index (χ4n) is 6.13. The third kappa shape index (κ3) is 4.66. The predicted molar refractivity (Wildman–Crippen MR) is 148 cm³/mol. The van der Waals surface area contributed by atoms with E-state index < -0.39 is 38.7 Å². The van der Waals surface area contributed by atoms with E-state index in [2.05, 4.69) is 15.2 Å². The van der Waals surface area contributed by atoms with Crippen LogP contribution in [0.4, 0.5) is 17.6 Å². The number of nitrogens with one attached hydrogen (secondary N) is 1. The van der Waals surface area contributed by atoms with Gasteiger partial charge in [-0.25, -0.2) is 22.4 Å². The van der Waals surface area contributed by atoms with Crippen LogP contribution in [0.1, 0.15) is 39.4 Å². The molecule has 0 spiro atoms. The van der Waals surface area contributed by atoms with Crippen LogP contribution in [0.15, 0.2) is 65.5 Å². The number of ether oxygens (including phenoxy) is 1. The number of pyridine rings is 1. The minimum absolute atomic E-state index is 0.0195. The lowest BCUT2D eigenvalue weighted by Gasteiger charge is -2.45. The molecule has 10 nitrogen and oxygen atoms in total. The zero-order chi connectivity index (χ0) is 30.9. The summed E-state index contributed by atoms with van der Waals surface area (Å²) in [5.74, 6) is -1.09. The van der Waals surface area contributed by atoms with Gasteiger partial charge in [-0.3, -0.25) is 14.5 Å². The first-order valence-electron chi connectivity index (χ1n) is 13.8. The summed E-state index contributed by atoms with van der Waals surface area (Å²) in [5, 5.41) is 8.89. The van der Waals surface area contributed by atoms with Crippen LogP contribution in [0, 0.1) is 16.0 Å². The van der Waals surface area contributed by atoms with Gasteiger partial charge in [0.1, 0.15) is 11.5 Å². The second-order valence-electron chi connectivity index (χ2n) is 11.0. The Balaban J connectivity index is 1.32. The average molecular weight is 628 g/mol. The number of hydrogen-bond acceptors (Lipinski definition) is 7. The number of carbonyl (C=O) groups is 1. The summed E-state index contributed by atoms with van der Waals surface area (Å²) in [7, 11) is -3.70. The van der Waals surface area contributed by atoms with Crippen LogP contribution >= 0.6 is 0 Å². The molecule has 1 fully saturated rings. The molecule has 1 saturated heterocycles. The second kappa shape index (κ2) is 10.2. The van der Waals surface area contributed by atoms with Crippen LogP contribution in [-0.4, -0.2) is 58.5 Å². The summed E-state index contributed by atoms with van der Waals surface area (Å²) < 4.78 is 87.6. The Morgan fingerprint density at radius 2 is 1.91 bits per heavy atom. The maximum Gasteiger partial charge on any atom is 0.416 e. The molecule has 1 aromatic carbocycles. The Labute approximate surface area is 249 Å². The van der Waals surface area contributed by atoms with Crippen LogP contribution < -0.4 is 0 Å². The number of Topliss-reactive ketones (excluding diaryl/α,β-unsaturated/α-hetero) is 1. The zero-order valence-corrected chi connectivity index (χ0v) is 23.9. The van der Waals surface area contributed by atoms with Crippen molar-refractivity contribution in [2.24, 2.45) is 5.41 Å². The number of piperidine rings is 1. The summed E-state index contributed by atoms with van der Waals surface area (Å²) in [4.78, 5) is 18.4. The number of alkyl halides is 3. The minimum Gasteiger partial charge on any atom is -0.373 e. The fourth-order valence-corrected chi connectivity index (χ4v) is 7.65. The lowest BCUT2D eigenvalue weighted by molar-refractivity contribution is -0.137. The van der Waals surface area contributed by atoms with Crippen molar-refractivity contribution in [1.29, 1.82) is 4.78 Å². The van der Waals surface area contributed by atoms with E-state index in [4.69, 9.17) is 9.52 Å². The lowest BCUT2D eigenvalue weighted by Crippen LogP contribution is -2.53. The quantitative estimate of drug-likeness (QED) is 0.254. The molecule has 44 heavy (non-hydrogen) atoms. The Hall–Kier alpha value is -4.21. The number of carbonyl (C=O) groups excluding carboxylic acids is 1. The normalized spacial score (nSPS) is 21.5. The highest BCUT2D eigenvalue weighted by Crippen LogP contribution is 2.47. The first-order chi connectivity index (χ1) is 21.0. The third-order valence-electron chi connectivity index (χ3n) is 8.39. The molecule has 3 aromatic heterocycles. The van der Waals surface area contributed by atoms with Gasteiger partial charge in [-0.1, -0.05) is 5.57 Å². The van der Waals surface area contributed by atoms with Crippen LogP contribution in [0.3, 0.4) is 0 Å². The van der Waals surface area contributed by atoms with Crippen molar-refractivity contribution in [3.05, 3.63) is 94.5 Å². The molecular formula is C29H25F4N7O3S. The molecule has 4 aromatic rings. The van der Waals surface area contributed by atoms with Crippen LogP contribution in [0.5, 0.6) is 0 Å². The number of fused-ring (bicyclic) bond motifs is 3. The number of ketones is 1. The van der Waals surface area contributed by atoms with E-state index in [1.54, 1.807) is 39.8 Å².